The van der Waals surface area contributed by atoms with E-state index in [1.165, 1.54) is 7.11 Å². The second-order valence-corrected chi connectivity index (χ2v) is 4.65. The van der Waals surface area contributed by atoms with Gasteiger partial charge in [0.05, 0.1) is 13.5 Å². The zero-order chi connectivity index (χ0) is 12.0. The first-order chi connectivity index (χ1) is 8.19. The number of benzene rings is 1. The first-order valence-electron chi connectivity index (χ1n) is 5.76. The number of carbonyl (C=O) groups is 1. The third kappa shape index (κ3) is 1.55. The van der Waals surface area contributed by atoms with Crippen LogP contribution in [0.1, 0.15) is 17.5 Å². The summed E-state index contributed by atoms with van der Waals surface area (Å²) in [5, 5.41) is 10.1. The quantitative estimate of drug-likeness (QED) is 0.747. The van der Waals surface area contributed by atoms with Gasteiger partial charge in [0, 0.05) is 17.9 Å². The van der Waals surface area contributed by atoms with Gasteiger partial charge in [0.15, 0.2) is 11.5 Å². The van der Waals surface area contributed by atoms with Gasteiger partial charge in [0.2, 0.25) is 0 Å². The van der Waals surface area contributed by atoms with Crippen LogP contribution in [-0.4, -0.2) is 24.3 Å². The number of hydrogen-bond acceptors (Lipinski definition) is 4. The zero-order valence-corrected chi connectivity index (χ0v) is 9.60. The van der Waals surface area contributed by atoms with Crippen LogP contribution < -0.4 is 4.74 Å². The SMILES string of the molecule is COc1ccc2c(c1O)C[C@H]1CC(=O)O[C@@H]1C2. The Bertz CT molecular complexity index is 481. The van der Waals surface area contributed by atoms with Crippen molar-refractivity contribution in [1.82, 2.24) is 0 Å². The monoisotopic (exact) mass is 234 g/mol. The molecule has 1 aliphatic heterocycles. The van der Waals surface area contributed by atoms with Gasteiger partial charge in [-0.1, -0.05) is 6.07 Å². The number of phenolic OH excluding ortho intramolecular Hbond substituents is 1. The first kappa shape index (κ1) is 10.4. The zero-order valence-electron chi connectivity index (χ0n) is 9.60. The van der Waals surface area contributed by atoms with E-state index < -0.39 is 0 Å². The number of esters is 1. The van der Waals surface area contributed by atoms with E-state index in [4.69, 9.17) is 9.47 Å². The van der Waals surface area contributed by atoms with E-state index in [2.05, 4.69) is 0 Å². The van der Waals surface area contributed by atoms with Gasteiger partial charge < -0.3 is 14.6 Å². The van der Waals surface area contributed by atoms with Crippen molar-refractivity contribution < 1.29 is 19.4 Å². The lowest BCUT2D eigenvalue weighted by molar-refractivity contribution is -0.141. The molecule has 0 bridgehead atoms. The van der Waals surface area contributed by atoms with Crippen LogP contribution in [0.3, 0.4) is 0 Å². The van der Waals surface area contributed by atoms with Crippen LogP contribution in [0.5, 0.6) is 11.5 Å². The van der Waals surface area contributed by atoms with Crippen LogP contribution in [0.15, 0.2) is 12.1 Å². The summed E-state index contributed by atoms with van der Waals surface area (Å²) in [7, 11) is 1.54. The number of carbonyl (C=O) groups excluding carboxylic acids is 1. The molecule has 0 aromatic heterocycles. The van der Waals surface area contributed by atoms with E-state index in [0.717, 1.165) is 11.1 Å². The summed E-state index contributed by atoms with van der Waals surface area (Å²) in [5.41, 5.74) is 1.96. The molecule has 1 saturated heterocycles. The van der Waals surface area contributed by atoms with Crippen molar-refractivity contribution in [2.45, 2.75) is 25.4 Å². The summed E-state index contributed by atoms with van der Waals surface area (Å²) in [4.78, 5) is 11.3. The Labute approximate surface area is 99.2 Å². The summed E-state index contributed by atoms with van der Waals surface area (Å²) in [5.74, 6) is 0.780. The van der Waals surface area contributed by atoms with E-state index in [9.17, 15) is 9.90 Å². The summed E-state index contributed by atoms with van der Waals surface area (Å²) in [6.45, 7) is 0. The van der Waals surface area contributed by atoms with Crippen LogP contribution in [0.4, 0.5) is 0 Å². The van der Waals surface area contributed by atoms with Crippen LogP contribution in [-0.2, 0) is 22.4 Å². The Hall–Kier alpha value is -1.71. The third-order valence-electron chi connectivity index (χ3n) is 3.69. The molecule has 90 valence electrons. The topological polar surface area (TPSA) is 55.8 Å². The van der Waals surface area contributed by atoms with E-state index in [0.29, 0.717) is 25.0 Å². The molecule has 1 heterocycles. The summed E-state index contributed by atoms with van der Waals surface area (Å²) >= 11 is 0. The van der Waals surface area contributed by atoms with Gasteiger partial charge in [-0.2, -0.15) is 0 Å². The lowest BCUT2D eigenvalue weighted by Gasteiger charge is -2.26. The van der Waals surface area contributed by atoms with Gasteiger partial charge in [-0.3, -0.25) is 4.79 Å². The Kier molecular flexibility index (Phi) is 2.24. The fraction of sp³-hybridized carbons (Fsp3) is 0.462. The minimum absolute atomic E-state index is 0.0113. The molecule has 2 aliphatic rings. The van der Waals surface area contributed by atoms with Crippen LogP contribution in [0.2, 0.25) is 0 Å². The van der Waals surface area contributed by atoms with Gasteiger partial charge in [-0.25, -0.2) is 0 Å². The molecule has 3 rings (SSSR count). The largest absolute Gasteiger partial charge is 0.504 e. The Morgan fingerprint density at radius 1 is 1.35 bits per heavy atom. The minimum atomic E-state index is -0.126. The van der Waals surface area contributed by atoms with E-state index in [1.54, 1.807) is 6.07 Å². The molecule has 2 atom stereocenters. The summed E-state index contributed by atoms with van der Waals surface area (Å²) in [6, 6.07) is 3.70. The highest BCUT2D eigenvalue weighted by atomic mass is 16.5. The first-order valence-corrected chi connectivity index (χ1v) is 5.76. The Morgan fingerprint density at radius 2 is 2.18 bits per heavy atom. The number of fused-ring (bicyclic) bond motifs is 2. The van der Waals surface area contributed by atoms with E-state index >= 15 is 0 Å². The highest BCUT2D eigenvalue weighted by molar-refractivity contribution is 5.72. The van der Waals surface area contributed by atoms with Crippen molar-refractivity contribution in [1.29, 1.82) is 0 Å². The molecule has 0 radical (unpaired) electrons. The second kappa shape index (κ2) is 3.65. The lowest BCUT2D eigenvalue weighted by Crippen LogP contribution is -2.26. The van der Waals surface area contributed by atoms with Gasteiger partial charge in [-0.15, -0.1) is 0 Å². The van der Waals surface area contributed by atoms with Crippen molar-refractivity contribution in [3.05, 3.63) is 23.3 Å². The fourth-order valence-corrected chi connectivity index (χ4v) is 2.79. The number of rotatable bonds is 1. The van der Waals surface area contributed by atoms with Gasteiger partial charge in [0.1, 0.15) is 6.10 Å². The molecule has 17 heavy (non-hydrogen) atoms. The molecule has 0 amide bonds. The van der Waals surface area contributed by atoms with E-state index in [-0.39, 0.29) is 23.7 Å². The van der Waals surface area contributed by atoms with Crippen molar-refractivity contribution in [3.63, 3.8) is 0 Å². The summed E-state index contributed by atoms with van der Waals surface area (Å²) in [6.07, 6.45) is 1.83. The molecule has 1 N–H and O–H groups in total. The number of phenols is 1. The lowest BCUT2D eigenvalue weighted by atomic mass is 9.81. The fourth-order valence-electron chi connectivity index (χ4n) is 2.79. The molecule has 0 unspecified atom stereocenters. The highest BCUT2D eigenvalue weighted by Crippen LogP contribution is 2.41. The highest BCUT2D eigenvalue weighted by Gasteiger charge is 2.39. The smallest absolute Gasteiger partial charge is 0.306 e. The molecule has 4 heteroatoms. The van der Waals surface area contributed by atoms with E-state index in [1.807, 2.05) is 6.07 Å². The number of aromatic hydroxyl groups is 1. The molecule has 1 aliphatic carbocycles. The van der Waals surface area contributed by atoms with Gasteiger partial charge in [-0.05, 0) is 18.1 Å². The normalized spacial score (nSPS) is 26.1. The standard InChI is InChI=1S/C13H14O4/c1-16-10-3-2-7-5-11-8(6-12(14)17-11)4-9(7)13(10)15/h2-3,8,11,15H,4-6H2,1H3/t8-,11+/m0/s1. The Morgan fingerprint density at radius 3 is 2.94 bits per heavy atom. The maximum Gasteiger partial charge on any atom is 0.306 e. The molecule has 1 aromatic carbocycles. The average molecular weight is 234 g/mol. The average Bonchev–Trinajstić information content (AvgIpc) is 2.67. The number of ether oxygens (including phenoxy) is 2. The third-order valence-corrected chi connectivity index (χ3v) is 3.69. The predicted octanol–water partition coefficient (Wildman–Crippen LogP) is 1.43. The maximum atomic E-state index is 11.3. The van der Waals surface area contributed by atoms with Crippen molar-refractivity contribution in [2.75, 3.05) is 7.11 Å². The molecule has 4 nitrogen and oxygen atoms in total. The number of hydrogen-bond donors (Lipinski definition) is 1. The molecular weight excluding hydrogens is 220 g/mol. The van der Waals surface area contributed by atoms with Gasteiger partial charge in [0.25, 0.3) is 0 Å². The van der Waals surface area contributed by atoms with Crippen LogP contribution in [0.25, 0.3) is 0 Å². The maximum absolute atomic E-state index is 11.3. The minimum Gasteiger partial charge on any atom is -0.504 e. The molecule has 1 aromatic rings. The predicted molar refractivity (Wildman–Crippen MR) is 60.1 cm³/mol. The van der Waals surface area contributed by atoms with Crippen LogP contribution >= 0.6 is 0 Å². The molecule has 0 saturated carbocycles. The van der Waals surface area contributed by atoms with Crippen molar-refractivity contribution >= 4 is 5.97 Å². The van der Waals surface area contributed by atoms with Crippen molar-refractivity contribution in [3.8, 4) is 11.5 Å². The molecular formula is C13H14O4. The molecule has 1 fully saturated rings. The van der Waals surface area contributed by atoms with Gasteiger partial charge >= 0.3 is 5.97 Å². The second-order valence-electron chi connectivity index (χ2n) is 4.65. The molecule has 0 spiro atoms. The summed E-state index contributed by atoms with van der Waals surface area (Å²) < 4.78 is 10.4. The Balaban J connectivity index is 1.99. The van der Waals surface area contributed by atoms with Crippen molar-refractivity contribution in [2.24, 2.45) is 5.92 Å². The van der Waals surface area contributed by atoms with Crippen LogP contribution in [0, 0.1) is 5.92 Å². The number of methoxy groups -OCH3 is 1.